The zero-order chi connectivity index (χ0) is 19.6. The highest BCUT2D eigenvalue weighted by atomic mass is 16.6. The van der Waals surface area contributed by atoms with E-state index in [-0.39, 0.29) is 22.6 Å². The molecule has 136 valence electrons. The van der Waals surface area contributed by atoms with E-state index in [2.05, 4.69) is 0 Å². The molecule has 0 amide bonds. The first kappa shape index (κ1) is 18.5. The summed E-state index contributed by atoms with van der Waals surface area (Å²) in [6.45, 7) is 1.18. The molecule has 1 aromatic carbocycles. The fourth-order valence-electron chi connectivity index (χ4n) is 2.40. The van der Waals surface area contributed by atoms with E-state index in [1.807, 2.05) is 4.98 Å². The third-order valence-corrected chi connectivity index (χ3v) is 3.38. The van der Waals surface area contributed by atoms with Gasteiger partial charge in [-0.2, -0.15) is 0 Å². The molecule has 0 saturated carbocycles. The molecule has 0 fully saturated rings. The summed E-state index contributed by atoms with van der Waals surface area (Å²) in [6, 6.07) is 3.81. The number of carbonyl (C=O) groups excluding carboxylic acids is 1. The highest BCUT2D eigenvalue weighted by Crippen LogP contribution is 2.36. The summed E-state index contributed by atoms with van der Waals surface area (Å²) in [5.74, 6) is -4.20. The number of esters is 1. The Hall–Kier alpha value is -3.82. The van der Waals surface area contributed by atoms with E-state index in [4.69, 9.17) is 15.2 Å². The van der Waals surface area contributed by atoms with Crippen LogP contribution in [0.5, 0.6) is 11.5 Å². The molecule has 0 spiro atoms. The lowest BCUT2D eigenvalue weighted by molar-refractivity contribution is -0.132. The number of nitrogens with one attached hydrogen (secondary N) is 1. The predicted molar refractivity (Wildman–Crippen MR) is 88.7 cm³/mol. The number of carboxylic acid groups (broad SMARTS) is 2. The fraction of sp³-hybridized carbons (Fsp3) is 0.125. The minimum absolute atomic E-state index is 0.0317. The second kappa shape index (κ2) is 6.97. The zero-order valence-corrected chi connectivity index (χ0v) is 13.7. The lowest BCUT2D eigenvalue weighted by Crippen LogP contribution is -2.24. The van der Waals surface area contributed by atoms with E-state index in [1.165, 1.54) is 32.2 Å². The molecular weight excluding hydrogens is 348 g/mol. The fourth-order valence-corrected chi connectivity index (χ4v) is 2.40. The number of aromatic amines is 1. The van der Waals surface area contributed by atoms with Crippen molar-refractivity contribution in [2.45, 2.75) is 6.92 Å². The Morgan fingerprint density at radius 2 is 1.69 bits per heavy atom. The molecular formula is C16H14N2O8. The first-order chi connectivity index (χ1) is 12.2. The smallest absolute Gasteiger partial charge is 0.342 e. The van der Waals surface area contributed by atoms with Gasteiger partial charge in [-0.15, -0.1) is 0 Å². The van der Waals surface area contributed by atoms with E-state index in [0.29, 0.717) is 0 Å². The number of carbonyl (C=O) groups is 3. The van der Waals surface area contributed by atoms with Gasteiger partial charge in [0.2, 0.25) is 0 Å². The van der Waals surface area contributed by atoms with Gasteiger partial charge in [-0.3, -0.25) is 9.59 Å². The van der Waals surface area contributed by atoms with Crippen molar-refractivity contribution in [3.05, 3.63) is 39.7 Å². The van der Waals surface area contributed by atoms with E-state index in [0.717, 1.165) is 0 Å². The van der Waals surface area contributed by atoms with Crippen LogP contribution in [0.2, 0.25) is 0 Å². The third kappa shape index (κ3) is 3.34. The molecule has 0 atom stereocenters. The lowest BCUT2D eigenvalue weighted by atomic mass is 9.95. The van der Waals surface area contributed by atoms with Gasteiger partial charge in [-0.25, -0.2) is 9.59 Å². The summed E-state index contributed by atoms with van der Waals surface area (Å²) >= 11 is 0. The first-order valence-corrected chi connectivity index (χ1v) is 7.06. The maximum atomic E-state index is 12.0. The summed E-state index contributed by atoms with van der Waals surface area (Å²) in [4.78, 5) is 48.2. The second-order valence-electron chi connectivity index (χ2n) is 5.06. The van der Waals surface area contributed by atoms with Crippen molar-refractivity contribution in [2.75, 3.05) is 12.8 Å². The number of carboxylic acids is 2. The molecule has 1 heterocycles. The molecule has 0 saturated heterocycles. The second-order valence-corrected chi connectivity index (χ2v) is 5.06. The van der Waals surface area contributed by atoms with Crippen LogP contribution in [0.1, 0.15) is 27.6 Å². The van der Waals surface area contributed by atoms with Crippen molar-refractivity contribution >= 4 is 23.7 Å². The topological polar surface area (TPSA) is 169 Å². The van der Waals surface area contributed by atoms with Gasteiger partial charge in [-0.05, 0) is 17.7 Å². The van der Waals surface area contributed by atoms with Gasteiger partial charge in [0.15, 0.2) is 11.5 Å². The number of pyridine rings is 1. The van der Waals surface area contributed by atoms with Crippen molar-refractivity contribution in [1.82, 2.24) is 4.98 Å². The average molecular weight is 362 g/mol. The monoisotopic (exact) mass is 362 g/mol. The summed E-state index contributed by atoms with van der Waals surface area (Å²) in [5, 5.41) is 18.8. The maximum Gasteiger partial charge on any atom is 0.342 e. The largest absolute Gasteiger partial charge is 0.493 e. The molecule has 1 aromatic heterocycles. The number of methoxy groups -OCH3 is 1. The number of rotatable bonds is 5. The van der Waals surface area contributed by atoms with Gasteiger partial charge in [0.1, 0.15) is 16.9 Å². The Bertz CT molecular complexity index is 977. The molecule has 26 heavy (non-hydrogen) atoms. The molecule has 5 N–H and O–H groups in total. The van der Waals surface area contributed by atoms with E-state index < -0.39 is 40.4 Å². The molecule has 0 aliphatic heterocycles. The number of benzene rings is 1. The van der Waals surface area contributed by atoms with Crippen LogP contribution in [0.15, 0.2) is 23.0 Å². The van der Waals surface area contributed by atoms with E-state index >= 15 is 0 Å². The first-order valence-electron chi connectivity index (χ1n) is 7.06. The van der Waals surface area contributed by atoms with Crippen LogP contribution in [0.25, 0.3) is 11.1 Å². The van der Waals surface area contributed by atoms with Gasteiger partial charge in [0.25, 0.3) is 5.56 Å². The molecule has 10 nitrogen and oxygen atoms in total. The minimum atomic E-state index is -1.63. The van der Waals surface area contributed by atoms with Gasteiger partial charge >= 0.3 is 17.9 Å². The van der Waals surface area contributed by atoms with Gasteiger partial charge in [0.05, 0.1) is 7.11 Å². The number of H-pyrrole nitrogens is 1. The Kier molecular flexibility index (Phi) is 4.96. The average Bonchev–Trinajstić information content (AvgIpc) is 2.53. The van der Waals surface area contributed by atoms with Gasteiger partial charge in [-0.1, -0.05) is 6.07 Å². The Morgan fingerprint density at radius 1 is 1.08 bits per heavy atom. The number of aromatic carboxylic acids is 2. The van der Waals surface area contributed by atoms with Crippen molar-refractivity contribution in [2.24, 2.45) is 0 Å². The van der Waals surface area contributed by atoms with Crippen molar-refractivity contribution in [3.63, 3.8) is 0 Å². The maximum absolute atomic E-state index is 12.0. The van der Waals surface area contributed by atoms with Crippen LogP contribution in [0.4, 0.5) is 5.82 Å². The van der Waals surface area contributed by atoms with Gasteiger partial charge in [0, 0.05) is 12.5 Å². The Balaban J connectivity index is 2.86. The van der Waals surface area contributed by atoms with E-state index in [9.17, 15) is 29.4 Å². The molecule has 0 aliphatic carbocycles. The number of ether oxygens (including phenoxy) is 2. The summed E-state index contributed by atoms with van der Waals surface area (Å²) < 4.78 is 10.0. The van der Waals surface area contributed by atoms with Crippen LogP contribution in [-0.2, 0) is 4.79 Å². The number of aromatic nitrogens is 1. The van der Waals surface area contributed by atoms with Crippen molar-refractivity contribution < 1.29 is 34.1 Å². The number of hydrogen-bond acceptors (Lipinski definition) is 7. The van der Waals surface area contributed by atoms with Crippen LogP contribution in [-0.4, -0.2) is 40.2 Å². The third-order valence-electron chi connectivity index (χ3n) is 3.38. The molecule has 10 heteroatoms. The van der Waals surface area contributed by atoms with Gasteiger partial charge < -0.3 is 30.4 Å². The highest BCUT2D eigenvalue weighted by molar-refractivity contribution is 6.07. The minimum Gasteiger partial charge on any atom is -0.493 e. The normalized spacial score (nSPS) is 10.2. The molecule has 0 bridgehead atoms. The summed E-state index contributed by atoms with van der Waals surface area (Å²) in [7, 11) is 1.27. The summed E-state index contributed by atoms with van der Waals surface area (Å²) in [6.07, 6.45) is 0. The molecule has 0 unspecified atom stereocenters. The van der Waals surface area contributed by atoms with E-state index in [1.54, 1.807) is 0 Å². The summed E-state index contributed by atoms with van der Waals surface area (Å²) in [5.41, 5.74) is 2.78. The molecule has 0 aliphatic rings. The number of anilines is 1. The van der Waals surface area contributed by atoms with Crippen LogP contribution < -0.4 is 20.8 Å². The Morgan fingerprint density at radius 3 is 2.19 bits per heavy atom. The molecule has 0 radical (unpaired) electrons. The highest BCUT2D eigenvalue weighted by Gasteiger charge is 2.27. The van der Waals surface area contributed by atoms with Crippen LogP contribution in [0, 0.1) is 0 Å². The standard InChI is InChI=1S/C16H14N2O8/c1-6(19)26-8-4-3-7(5-9(8)25-2)10-11(15(21)22)13(17)18-14(20)12(10)16(23)24/h3-5H,1-2H3,(H,21,22)(H,23,24)(H3,17,18,20). The number of nitrogens with two attached hydrogens (primary N) is 1. The predicted octanol–water partition coefficient (Wildman–Crippen LogP) is 0.954. The molecule has 2 rings (SSSR count). The Labute approximate surface area is 145 Å². The van der Waals surface area contributed by atoms with Crippen LogP contribution >= 0.6 is 0 Å². The van der Waals surface area contributed by atoms with Crippen molar-refractivity contribution in [1.29, 1.82) is 0 Å². The lowest BCUT2D eigenvalue weighted by Gasteiger charge is -2.14. The molecule has 2 aromatic rings. The van der Waals surface area contributed by atoms with Crippen molar-refractivity contribution in [3.8, 4) is 22.6 Å². The van der Waals surface area contributed by atoms with Crippen LogP contribution in [0.3, 0.4) is 0 Å². The SMILES string of the molecule is COc1cc(-c2c(C(=O)O)c(N)[nH]c(=O)c2C(=O)O)ccc1OC(C)=O. The quantitative estimate of drug-likeness (QED) is 0.447. The zero-order valence-electron chi connectivity index (χ0n) is 13.7. The number of hydrogen-bond donors (Lipinski definition) is 4. The number of nitrogen functional groups attached to an aromatic ring is 1.